The van der Waals surface area contributed by atoms with Gasteiger partial charge in [-0.2, -0.15) is 0 Å². The molecule has 15 heavy (non-hydrogen) atoms. The van der Waals surface area contributed by atoms with Crippen LogP contribution in [0.15, 0.2) is 12.4 Å². The Balaban J connectivity index is 2.00. The van der Waals surface area contributed by atoms with Gasteiger partial charge in [-0.3, -0.25) is 0 Å². The fraction of sp³-hybridized carbons (Fsp3) is 0.727. The van der Waals surface area contributed by atoms with Crippen molar-refractivity contribution >= 4 is 0 Å². The Hall–Kier alpha value is -0.870. The van der Waals surface area contributed by atoms with Crippen LogP contribution in [-0.4, -0.2) is 28.8 Å². The van der Waals surface area contributed by atoms with E-state index in [-0.39, 0.29) is 0 Å². The van der Waals surface area contributed by atoms with E-state index in [1.165, 1.54) is 0 Å². The number of aromatic nitrogens is 2. The predicted octanol–water partition coefficient (Wildman–Crippen LogP) is 1.32. The zero-order chi connectivity index (χ0) is 11.1. The average molecular weight is 211 g/mol. The number of aryl methyl sites for hydroxylation is 1. The lowest BCUT2D eigenvalue weighted by Crippen LogP contribution is -2.19. The number of imidazole rings is 1. The molecule has 86 valence electrons. The van der Waals surface area contributed by atoms with Crippen LogP contribution in [0.1, 0.15) is 26.1 Å². The van der Waals surface area contributed by atoms with E-state index >= 15 is 0 Å². The number of hydrogen-bond acceptors (Lipinski definition) is 3. The van der Waals surface area contributed by atoms with Gasteiger partial charge in [0.05, 0.1) is 12.6 Å². The molecule has 0 aliphatic heterocycles. The summed E-state index contributed by atoms with van der Waals surface area (Å²) in [6.45, 7) is 6.73. The van der Waals surface area contributed by atoms with Crippen molar-refractivity contribution in [2.45, 2.75) is 32.9 Å². The van der Waals surface area contributed by atoms with Crippen LogP contribution < -0.4 is 5.32 Å². The summed E-state index contributed by atoms with van der Waals surface area (Å²) in [5, 5.41) is 3.34. The van der Waals surface area contributed by atoms with Crippen LogP contribution in [0, 0.1) is 0 Å². The maximum absolute atomic E-state index is 5.44. The summed E-state index contributed by atoms with van der Waals surface area (Å²) in [7, 11) is 2.01. The molecule has 0 saturated carbocycles. The topological polar surface area (TPSA) is 39.1 Å². The van der Waals surface area contributed by atoms with Crippen molar-refractivity contribution in [2.75, 3.05) is 13.2 Å². The molecule has 1 N–H and O–H groups in total. The van der Waals surface area contributed by atoms with Crippen LogP contribution in [0.5, 0.6) is 0 Å². The van der Waals surface area contributed by atoms with Crippen LogP contribution in [0.25, 0.3) is 0 Å². The van der Waals surface area contributed by atoms with Crippen LogP contribution in [-0.2, 0) is 18.3 Å². The van der Waals surface area contributed by atoms with E-state index in [0.29, 0.717) is 6.10 Å². The third-order valence-electron chi connectivity index (χ3n) is 2.15. The highest BCUT2D eigenvalue weighted by Crippen LogP contribution is 1.93. The lowest BCUT2D eigenvalue weighted by Gasteiger charge is -2.08. The Morgan fingerprint density at radius 1 is 1.53 bits per heavy atom. The number of hydrogen-bond donors (Lipinski definition) is 1. The highest BCUT2D eigenvalue weighted by molar-refractivity contribution is 4.90. The summed E-state index contributed by atoms with van der Waals surface area (Å²) >= 11 is 0. The second-order valence-electron chi connectivity index (χ2n) is 3.90. The van der Waals surface area contributed by atoms with Gasteiger partial charge in [-0.15, -0.1) is 0 Å². The first kappa shape index (κ1) is 12.2. The molecule has 1 heterocycles. The highest BCUT2D eigenvalue weighted by atomic mass is 16.5. The molecule has 0 spiro atoms. The predicted molar refractivity (Wildman–Crippen MR) is 60.6 cm³/mol. The van der Waals surface area contributed by atoms with E-state index in [2.05, 4.69) is 24.1 Å². The summed E-state index contributed by atoms with van der Waals surface area (Å²) in [4.78, 5) is 4.23. The SMILES string of the molecule is CC(C)OCCCNCc1nccn1C. The smallest absolute Gasteiger partial charge is 0.122 e. The second kappa shape index (κ2) is 6.58. The normalized spacial score (nSPS) is 11.2. The first-order chi connectivity index (χ1) is 7.20. The van der Waals surface area contributed by atoms with Gasteiger partial charge in [0.15, 0.2) is 0 Å². The van der Waals surface area contributed by atoms with Crippen molar-refractivity contribution in [3.63, 3.8) is 0 Å². The van der Waals surface area contributed by atoms with Crippen LogP contribution in [0.3, 0.4) is 0 Å². The standard InChI is InChI=1S/C11H21N3O/c1-10(2)15-8-4-5-12-9-11-13-6-7-14(11)3/h6-7,10,12H,4-5,8-9H2,1-3H3. The number of nitrogens with one attached hydrogen (secondary N) is 1. The third-order valence-corrected chi connectivity index (χ3v) is 2.15. The van der Waals surface area contributed by atoms with Crippen molar-refractivity contribution in [3.8, 4) is 0 Å². The van der Waals surface area contributed by atoms with Gasteiger partial charge in [-0.25, -0.2) is 4.98 Å². The van der Waals surface area contributed by atoms with Gasteiger partial charge in [0.25, 0.3) is 0 Å². The number of nitrogens with zero attached hydrogens (tertiary/aromatic N) is 2. The molecule has 4 heteroatoms. The molecule has 0 saturated heterocycles. The molecule has 1 aromatic heterocycles. The zero-order valence-corrected chi connectivity index (χ0v) is 9.86. The monoisotopic (exact) mass is 211 g/mol. The van der Waals surface area contributed by atoms with E-state index in [0.717, 1.165) is 31.9 Å². The van der Waals surface area contributed by atoms with E-state index in [1.54, 1.807) is 0 Å². The van der Waals surface area contributed by atoms with E-state index < -0.39 is 0 Å². The molecule has 0 unspecified atom stereocenters. The Labute approximate surface area is 91.7 Å². The Kier molecular flexibility index (Phi) is 5.36. The molecule has 0 aliphatic rings. The number of rotatable bonds is 7. The first-order valence-electron chi connectivity index (χ1n) is 5.48. The minimum absolute atomic E-state index is 0.333. The molecule has 0 atom stereocenters. The first-order valence-corrected chi connectivity index (χ1v) is 5.48. The summed E-state index contributed by atoms with van der Waals surface area (Å²) in [6.07, 6.45) is 5.15. The zero-order valence-electron chi connectivity index (χ0n) is 9.86. The second-order valence-corrected chi connectivity index (χ2v) is 3.90. The fourth-order valence-corrected chi connectivity index (χ4v) is 1.28. The van der Waals surface area contributed by atoms with Crippen molar-refractivity contribution < 1.29 is 4.74 Å². The summed E-state index contributed by atoms with van der Waals surface area (Å²) in [6, 6.07) is 0. The van der Waals surface area contributed by atoms with Crippen LogP contribution >= 0.6 is 0 Å². The van der Waals surface area contributed by atoms with Gasteiger partial charge in [-0.1, -0.05) is 0 Å². The molecular weight excluding hydrogens is 190 g/mol. The number of ether oxygens (including phenoxy) is 1. The minimum atomic E-state index is 0.333. The maximum atomic E-state index is 5.44. The minimum Gasteiger partial charge on any atom is -0.379 e. The molecule has 0 amide bonds. The molecule has 0 radical (unpaired) electrons. The summed E-state index contributed by atoms with van der Waals surface area (Å²) in [5.41, 5.74) is 0. The van der Waals surface area contributed by atoms with Crippen LogP contribution in [0.4, 0.5) is 0 Å². The van der Waals surface area contributed by atoms with Gasteiger partial charge >= 0.3 is 0 Å². The van der Waals surface area contributed by atoms with E-state index in [1.807, 2.05) is 24.0 Å². The molecule has 1 rings (SSSR count). The summed E-state index contributed by atoms with van der Waals surface area (Å²) < 4.78 is 7.47. The molecule has 4 nitrogen and oxygen atoms in total. The lowest BCUT2D eigenvalue weighted by atomic mass is 10.4. The molecule has 0 aliphatic carbocycles. The highest BCUT2D eigenvalue weighted by Gasteiger charge is 1.97. The van der Waals surface area contributed by atoms with Gasteiger partial charge < -0.3 is 14.6 Å². The Morgan fingerprint density at radius 2 is 2.33 bits per heavy atom. The lowest BCUT2D eigenvalue weighted by molar-refractivity contribution is 0.0770. The fourth-order valence-electron chi connectivity index (χ4n) is 1.28. The van der Waals surface area contributed by atoms with Gasteiger partial charge in [-0.05, 0) is 26.8 Å². The van der Waals surface area contributed by atoms with Gasteiger partial charge in [0, 0.05) is 26.0 Å². The largest absolute Gasteiger partial charge is 0.379 e. The van der Waals surface area contributed by atoms with Gasteiger partial charge in [0.2, 0.25) is 0 Å². The van der Waals surface area contributed by atoms with Crippen molar-refractivity contribution in [3.05, 3.63) is 18.2 Å². The van der Waals surface area contributed by atoms with Crippen molar-refractivity contribution in [2.24, 2.45) is 7.05 Å². The molecule has 0 aromatic carbocycles. The Bertz CT molecular complexity index is 271. The Morgan fingerprint density at radius 3 is 2.93 bits per heavy atom. The maximum Gasteiger partial charge on any atom is 0.122 e. The average Bonchev–Trinajstić information content (AvgIpc) is 2.57. The quantitative estimate of drug-likeness (QED) is 0.691. The van der Waals surface area contributed by atoms with Crippen LogP contribution in [0.2, 0.25) is 0 Å². The summed E-state index contributed by atoms with van der Waals surface area (Å²) in [5.74, 6) is 1.07. The molecule has 0 bridgehead atoms. The van der Waals surface area contributed by atoms with E-state index in [9.17, 15) is 0 Å². The third kappa shape index (κ3) is 4.95. The van der Waals surface area contributed by atoms with Gasteiger partial charge in [0.1, 0.15) is 5.82 Å². The van der Waals surface area contributed by atoms with Crippen molar-refractivity contribution in [1.29, 1.82) is 0 Å². The molecule has 1 aromatic rings. The molecule has 0 fully saturated rings. The van der Waals surface area contributed by atoms with E-state index in [4.69, 9.17) is 4.74 Å². The molecular formula is C11H21N3O. The van der Waals surface area contributed by atoms with Crippen molar-refractivity contribution in [1.82, 2.24) is 14.9 Å².